The molecule has 0 saturated heterocycles. The van der Waals surface area contributed by atoms with Crippen LogP contribution in [0.5, 0.6) is 0 Å². The monoisotopic (exact) mass is 282 g/mol. The molecule has 0 aliphatic carbocycles. The first-order valence-electron chi connectivity index (χ1n) is 5.12. The lowest BCUT2D eigenvalue weighted by atomic mass is 10.2. The molecule has 0 aliphatic heterocycles. The van der Waals surface area contributed by atoms with Gasteiger partial charge in [0.25, 0.3) is 0 Å². The van der Waals surface area contributed by atoms with Crippen LogP contribution in [0.1, 0.15) is 18.9 Å². The lowest BCUT2D eigenvalue weighted by Gasteiger charge is -2.07. The van der Waals surface area contributed by atoms with E-state index < -0.39 is 0 Å². The molecular formula is C12H15BrN2O. The summed E-state index contributed by atoms with van der Waals surface area (Å²) in [5.74, 6) is 0. The summed E-state index contributed by atoms with van der Waals surface area (Å²) >= 11 is 3.40. The van der Waals surface area contributed by atoms with Crippen molar-refractivity contribution in [1.29, 1.82) is 0 Å². The second-order valence-corrected chi connectivity index (χ2v) is 4.25. The van der Waals surface area contributed by atoms with E-state index in [2.05, 4.69) is 26.6 Å². The van der Waals surface area contributed by atoms with Crippen molar-refractivity contribution in [2.24, 2.45) is 0 Å². The van der Waals surface area contributed by atoms with Gasteiger partial charge in [0.05, 0.1) is 5.69 Å². The van der Waals surface area contributed by atoms with Crippen molar-refractivity contribution in [1.82, 2.24) is 5.32 Å². The molecule has 1 rings (SSSR count). The van der Waals surface area contributed by atoms with Gasteiger partial charge in [-0.2, -0.15) is 0 Å². The van der Waals surface area contributed by atoms with E-state index in [0.29, 0.717) is 0 Å². The molecule has 2 N–H and O–H groups in total. The molecule has 0 radical (unpaired) electrons. The Balaban J connectivity index is 2.59. The number of allylic oxidation sites excluding steroid dienone is 1. The van der Waals surface area contributed by atoms with Crippen LogP contribution in [0.3, 0.4) is 0 Å². The van der Waals surface area contributed by atoms with Crippen molar-refractivity contribution in [3.63, 3.8) is 0 Å². The van der Waals surface area contributed by atoms with Crippen molar-refractivity contribution in [2.75, 3.05) is 5.32 Å². The largest absolute Gasteiger partial charge is 0.323 e. The van der Waals surface area contributed by atoms with E-state index in [1.807, 2.05) is 38.1 Å². The fourth-order valence-corrected chi connectivity index (χ4v) is 1.72. The van der Waals surface area contributed by atoms with E-state index in [9.17, 15) is 4.79 Å². The van der Waals surface area contributed by atoms with Crippen LogP contribution in [0, 0.1) is 6.92 Å². The van der Waals surface area contributed by atoms with Gasteiger partial charge < -0.3 is 10.6 Å². The number of carbonyl (C=O) groups is 1. The molecule has 0 unspecified atom stereocenters. The van der Waals surface area contributed by atoms with Gasteiger partial charge in [0.2, 0.25) is 0 Å². The van der Waals surface area contributed by atoms with Gasteiger partial charge in [-0.1, -0.05) is 19.1 Å². The number of carbonyl (C=O) groups excluding carboxylic acids is 1. The highest BCUT2D eigenvalue weighted by Crippen LogP contribution is 2.23. The molecular weight excluding hydrogens is 268 g/mol. The molecule has 3 nitrogen and oxygen atoms in total. The summed E-state index contributed by atoms with van der Waals surface area (Å²) in [4.78, 5) is 11.4. The van der Waals surface area contributed by atoms with E-state index in [4.69, 9.17) is 0 Å². The molecule has 0 atom stereocenters. The lowest BCUT2D eigenvalue weighted by Crippen LogP contribution is -2.23. The van der Waals surface area contributed by atoms with Crippen LogP contribution in [-0.4, -0.2) is 6.03 Å². The molecule has 0 spiro atoms. The minimum Gasteiger partial charge on any atom is -0.315 e. The van der Waals surface area contributed by atoms with Crippen molar-refractivity contribution >= 4 is 27.6 Å². The highest BCUT2D eigenvalue weighted by atomic mass is 79.9. The molecule has 4 heteroatoms. The average Bonchev–Trinajstić information content (AvgIpc) is 2.23. The minimum atomic E-state index is -0.241. The van der Waals surface area contributed by atoms with Crippen molar-refractivity contribution in [2.45, 2.75) is 20.3 Å². The SMILES string of the molecule is CC/C=C/NC(=O)Nc1ccc(C)cc1Br. The van der Waals surface area contributed by atoms with Crippen LogP contribution >= 0.6 is 15.9 Å². The first-order chi connectivity index (χ1) is 7.63. The van der Waals surface area contributed by atoms with Crippen LogP contribution in [0.4, 0.5) is 10.5 Å². The Labute approximate surface area is 104 Å². The number of rotatable bonds is 3. The normalized spacial score (nSPS) is 10.4. The molecule has 1 aromatic rings. The summed E-state index contributed by atoms with van der Waals surface area (Å²) in [5.41, 5.74) is 1.90. The Kier molecular flexibility index (Phi) is 5.05. The van der Waals surface area contributed by atoms with E-state index in [1.54, 1.807) is 6.20 Å². The second kappa shape index (κ2) is 6.33. The third-order valence-electron chi connectivity index (χ3n) is 1.94. The molecule has 1 aromatic carbocycles. The Morgan fingerprint density at radius 3 is 2.88 bits per heavy atom. The standard InChI is InChI=1S/C12H15BrN2O/c1-3-4-7-14-12(16)15-11-6-5-9(2)8-10(11)13/h4-8H,3H2,1-2H3,(H2,14,15,16)/b7-4+. The maximum absolute atomic E-state index is 11.4. The molecule has 0 saturated carbocycles. The van der Waals surface area contributed by atoms with Gasteiger partial charge in [-0.05, 0) is 47.0 Å². The van der Waals surface area contributed by atoms with Crippen LogP contribution in [-0.2, 0) is 0 Å². The first-order valence-corrected chi connectivity index (χ1v) is 5.91. The summed E-state index contributed by atoms with van der Waals surface area (Å²) < 4.78 is 0.877. The number of halogens is 1. The molecule has 0 bridgehead atoms. The fourth-order valence-electron chi connectivity index (χ4n) is 1.13. The van der Waals surface area contributed by atoms with Gasteiger partial charge in [-0.3, -0.25) is 0 Å². The maximum Gasteiger partial charge on any atom is 0.323 e. The van der Waals surface area contributed by atoms with Gasteiger partial charge in [-0.15, -0.1) is 0 Å². The van der Waals surface area contributed by atoms with E-state index >= 15 is 0 Å². The Morgan fingerprint density at radius 2 is 2.25 bits per heavy atom. The average molecular weight is 283 g/mol. The number of anilines is 1. The number of nitrogens with one attached hydrogen (secondary N) is 2. The summed E-state index contributed by atoms with van der Waals surface area (Å²) in [6.07, 6.45) is 4.41. The number of urea groups is 1. The van der Waals surface area contributed by atoms with Crippen LogP contribution in [0.25, 0.3) is 0 Å². The van der Waals surface area contributed by atoms with Gasteiger partial charge in [0, 0.05) is 10.7 Å². The molecule has 0 fully saturated rings. The smallest absolute Gasteiger partial charge is 0.315 e. The van der Waals surface area contributed by atoms with Crippen molar-refractivity contribution in [3.05, 3.63) is 40.5 Å². The summed E-state index contributed by atoms with van der Waals surface area (Å²) in [7, 11) is 0. The van der Waals surface area contributed by atoms with Gasteiger partial charge >= 0.3 is 6.03 Å². The number of hydrogen-bond acceptors (Lipinski definition) is 1. The number of amides is 2. The third kappa shape index (κ3) is 4.06. The van der Waals surface area contributed by atoms with Gasteiger partial charge in [0.1, 0.15) is 0 Å². The maximum atomic E-state index is 11.4. The molecule has 2 amide bonds. The number of aryl methyl sites for hydroxylation is 1. The highest BCUT2D eigenvalue weighted by molar-refractivity contribution is 9.10. The predicted molar refractivity (Wildman–Crippen MR) is 70.5 cm³/mol. The predicted octanol–water partition coefficient (Wildman–Crippen LogP) is 3.80. The zero-order chi connectivity index (χ0) is 12.0. The van der Waals surface area contributed by atoms with Crippen molar-refractivity contribution < 1.29 is 4.79 Å². The first kappa shape index (κ1) is 12.8. The summed E-state index contributed by atoms with van der Waals surface area (Å²) in [6, 6.07) is 5.52. The third-order valence-corrected chi connectivity index (χ3v) is 2.60. The topological polar surface area (TPSA) is 41.1 Å². The molecule has 16 heavy (non-hydrogen) atoms. The van der Waals surface area contributed by atoms with Crippen LogP contribution < -0.4 is 10.6 Å². The Bertz CT molecular complexity index is 402. The van der Waals surface area contributed by atoms with Gasteiger partial charge in [-0.25, -0.2) is 4.79 Å². The van der Waals surface area contributed by atoms with Crippen LogP contribution in [0.15, 0.2) is 34.9 Å². The van der Waals surface area contributed by atoms with E-state index in [-0.39, 0.29) is 6.03 Å². The minimum absolute atomic E-state index is 0.241. The zero-order valence-electron chi connectivity index (χ0n) is 9.38. The lowest BCUT2D eigenvalue weighted by molar-refractivity contribution is 0.255. The molecule has 86 valence electrons. The summed E-state index contributed by atoms with van der Waals surface area (Å²) in [5, 5.41) is 5.37. The zero-order valence-corrected chi connectivity index (χ0v) is 11.0. The molecule has 0 heterocycles. The Hall–Kier alpha value is -1.29. The number of hydrogen-bond donors (Lipinski definition) is 2. The van der Waals surface area contributed by atoms with E-state index in [1.165, 1.54) is 0 Å². The fraction of sp³-hybridized carbons (Fsp3) is 0.250. The van der Waals surface area contributed by atoms with Gasteiger partial charge in [0.15, 0.2) is 0 Å². The molecule has 0 aliphatic rings. The highest BCUT2D eigenvalue weighted by Gasteiger charge is 2.03. The summed E-state index contributed by atoms with van der Waals surface area (Å²) in [6.45, 7) is 4.01. The number of benzene rings is 1. The van der Waals surface area contributed by atoms with Crippen molar-refractivity contribution in [3.8, 4) is 0 Å². The second-order valence-electron chi connectivity index (χ2n) is 3.39. The van der Waals surface area contributed by atoms with E-state index in [0.717, 1.165) is 22.1 Å². The molecule has 0 aromatic heterocycles. The quantitative estimate of drug-likeness (QED) is 0.870. The Morgan fingerprint density at radius 1 is 1.50 bits per heavy atom. The van der Waals surface area contributed by atoms with Crippen LogP contribution in [0.2, 0.25) is 0 Å².